The van der Waals surface area contributed by atoms with Crippen LogP contribution in [0.1, 0.15) is 24.6 Å². The monoisotopic (exact) mass is 336 g/mol. The normalized spacial score (nSPS) is 21.3. The van der Waals surface area contributed by atoms with E-state index in [9.17, 15) is 9.59 Å². The largest absolute Gasteiger partial charge is 0.325 e. The van der Waals surface area contributed by atoms with E-state index >= 15 is 0 Å². The third kappa shape index (κ3) is 2.26. The lowest BCUT2D eigenvalue weighted by atomic mass is 9.87. The first kappa shape index (κ1) is 14.9. The molecule has 0 radical (unpaired) electrons. The van der Waals surface area contributed by atoms with Crippen molar-refractivity contribution in [1.82, 2.24) is 19.8 Å². The van der Waals surface area contributed by atoms with E-state index < -0.39 is 11.6 Å². The number of carbonyl (C=O) groups is 2. The standard InChI is InChI=1S/C14H13ClN4O2S/c1-2-14(9-6-4-3-5-7-9)12(20)19(13(21)16-14)8-10-11(15)22-18-17-10/h3-7H,2,8H2,1H3,(H,16,21). The molecule has 1 saturated heterocycles. The van der Waals surface area contributed by atoms with Crippen LogP contribution in [0.25, 0.3) is 0 Å². The summed E-state index contributed by atoms with van der Waals surface area (Å²) in [6, 6.07) is 8.78. The third-order valence-electron chi connectivity index (χ3n) is 3.79. The molecular weight excluding hydrogens is 324 g/mol. The summed E-state index contributed by atoms with van der Waals surface area (Å²) < 4.78 is 4.10. The molecule has 3 amide bonds. The molecule has 0 bridgehead atoms. The van der Waals surface area contributed by atoms with Crippen LogP contribution in [-0.4, -0.2) is 26.4 Å². The minimum atomic E-state index is -1.03. The molecule has 1 atom stereocenters. The number of aromatic nitrogens is 2. The van der Waals surface area contributed by atoms with Crippen molar-refractivity contribution < 1.29 is 9.59 Å². The summed E-state index contributed by atoms with van der Waals surface area (Å²) in [4.78, 5) is 26.3. The predicted molar refractivity (Wildman–Crippen MR) is 82.4 cm³/mol. The molecule has 1 unspecified atom stereocenters. The van der Waals surface area contributed by atoms with Crippen molar-refractivity contribution in [2.45, 2.75) is 25.4 Å². The molecule has 6 nitrogen and oxygen atoms in total. The molecule has 2 heterocycles. The van der Waals surface area contributed by atoms with Gasteiger partial charge in [0.25, 0.3) is 5.91 Å². The Balaban J connectivity index is 1.95. The predicted octanol–water partition coefficient (Wildman–Crippen LogP) is 2.55. The quantitative estimate of drug-likeness (QED) is 0.871. The fourth-order valence-electron chi connectivity index (χ4n) is 2.57. The van der Waals surface area contributed by atoms with Crippen molar-refractivity contribution in [2.24, 2.45) is 0 Å². The first-order valence-corrected chi connectivity index (χ1v) is 7.90. The Labute approximate surface area is 136 Å². The maximum atomic E-state index is 12.9. The Bertz CT molecular complexity index is 721. The van der Waals surface area contributed by atoms with Crippen molar-refractivity contribution in [3.8, 4) is 0 Å². The third-order valence-corrected chi connectivity index (χ3v) is 4.77. The highest BCUT2D eigenvalue weighted by Crippen LogP contribution is 2.33. The van der Waals surface area contributed by atoms with Gasteiger partial charge in [0.2, 0.25) is 0 Å². The van der Waals surface area contributed by atoms with Crippen LogP contribution in [0.5, 0.6) is 0 Å². The number of nitrogens with zero attached hydrogens (tertiary/aromatic N) is 3. The Morgan fingerprint density at radius 2 is 2.05 bits per heavy atom. The summed E-state index contributed by atoms with van der Waals surface area (Å²) in [6.45, 7) is 1.89. The zero-order chi connectivity index (χ0) is 15.7. The van der Waals surface area contributed by atoms with Crippen LogP contribution in [0.2, 0.25) is 4.34 Å². The van der Waals surface area contributed by atoms with Crippen LogP contribution in [-0.2, 0) is 16.9 Å². The van der Waals surface area contributed by atoms with Gasteiger partial charge >= 0.3 is 6.03 Å². The minimum Gasteiger partial charge on any atom is -0.319 e. The number of hydrogen-bond donors (Lipinski definition) is 1. The Morgan fingerprint density at radius 3 is 2.64 bits per heavy atom. The number of amides is 3. The summed E-state index contributed by atoms with van der Waals surface area (Å²) in [5.41, 5.74) is 0.157. The van der Waals surface area contributed by atoms with E-state index in [0.29, 0.717) is 16.5 Å². The van der Waals surface area contributed by atoms with Gasteiger partial charge in [-0.15, -0.1) is 5.10 Å². The average molecular weight is 337 g/mol. The van der Waals surface area contributed by atoms with E-state index in [1.54, 1.807) is 0 Å². The smallest absolute Gasteiger partial charge is 0.319 e. The molecule has 0 spiro atoms. The van der Waals surface area contributed by atoms with E-state index in [0.717, 1.165) is 22.0 Å². The maximum absolute atomic E-state index is 12.9. The molecule has 1 fully saturated rings. The van der Waals surface area contributed by atoms with Gasteiger partial charge in [-0.05, 0) is 12.0 Å². The maximum Gasteiger partial charge on any atom is 0.325 e. The van der Waals surface area contributed by atoms with Crippen LogP contribution in [0, 0.1) is 0 Å². The zero-order valence-corrected chi connectivity index (χ0v) is 13.3. The highest BCUT2D eigenvalue weighted by molar-refractivity contribution is 7.10. The Hall–Kier alpha value is -1.99. The Kier molecular flexibility index (Phi) is 3.84. The second-order valence-electron chi connectivity index (χ2n) is 4.94. The molecular formula is C14H13ClN4O2S. The van der Waals surface area contributed by atoms with Crippen molar-refractivity contribution in [1.29, 1.82) is 0 Å². The second-order valence-corrected chi connectivity index (χ2v) is 6.30. The first-order chi connectivity index (χ1) is 10.6. The molecule has 3 rings (SSSR count). The van der Waals surface area contributed by atoms with Gasteiger partial charge in [0.1, 0.15) is 15.6 Å². The van der Waals surface area contributed by atoms with Crippen LogP contribution < -0.4 is 5.32 Å². The summed E-state index contributed by atoms with van der Waals surface area (Å²) >= 11 is 6.99. The molecule has 8 heteroatoms. The molecule has 1 N–H and O–H groups in total. The summed E-state index contributed by atoms with van der Waals surface area (Å²) in [7, 11) is 0. The number of hydrogen-bond acceptors (Lipinski definition) is 5. The number of nitrogens with one attached hydrogen (secondary N) is 1. The van der Waals surface area contributed by atoms with E-state index in [2.05, 4.69) is 14.9 Å². The number of benzene rings is 1. The minimum absolute atomic E-state index is 0.0224. The van der Waals surface area contributed by atoms with E-state index in [1.165, 1.54) is 0 Å². The van der Waals surface area contributed by atoms with Gasteiger partial charge in [-0.3, -0.25) is 9.69 Å². The highest BCUT2D eigenvalue weighted by Gasteiger charge is 2.51. The number of rotatable bonds is 4. The molecule has 2 aromatic rings. The van der Waals surface area contributed by atoms with Gasteiger partial charge in [0, 0.05) is 11.5 Å². The summed E-state index contributed by atoms with van der Waals surface area (Å²) in [5, 5.41) is 6.67. The topological polar surface area (TPSA) is 75.2 Å². The lowest BCUT2D eigenvalue weighted by Gasteiger charge is -2.25. The molecule has 1 aliphatic rings. The van der Waals surface area contributed by atoms with Gasteiger partial charge in [-0.25, -0.2) is 4.79 Å². The molecule has 114 valence electrons. The van der Waals surface area contributed by atoms with Gasteiger partial charge in [0.15, 0.2) is 0 Å². The lowest BCUT2D eigenvalue weighted by molar-refractivity contribution is -0.132. The number of imide groups is 1. The van der Waals surface area contributed by atoms with Crippen molar-refractivity contribution in [2.75, 3.05) is 0 Å². The molecule has 0 aliphatic carbocycles. The molecule has 0 saturated carbocycles. The second kappa shape index (κ2) is 5.66. The van der Waals surface area contributed by atoms with Crippen LogP contribution in [0.15, 0.2) is 30.3 Å². The van der Waals surface area contributed by atoms with E-state index in [4.69, 9.17) is 11.6 Å². The summed E-state index contributed by atoms with van der Waals surface area (Å²) in [5.74, 6) is -0.296. The Morgan fingerprint density at radius 1 is 1.32 bits per heavy atom. The van der Waals surface area contributed by atoms with E-state index in [1.807, 2.05) is 37.3 Å². The SMILES string of the molecule is CCC1(c2ccccc2)NC(=O)N(Cc2nnsc2Cl)C1=O. The molecule has 1 aliphatic heterocycles. The van der Waals surface area contributed by atoms with Crippen molar-refractivity contribution >= 4 is 35.1 Å². The van der Waals surface area contributed by atoms with Gasteiger partial charge in [-0.2, -0.15) is 0 Å². The van der Waals surface area contributed by atoms with Crippen LogP contribution in [0.3, 0.4) is 0 Å². The number of halogens is 1. The van der Waals surface area contributed by atoms with Crippen LogP contribution >= 0.6 is 23.1 Å². The fraction of sp³-hybridized carbons (Fsp3) is 0.286. The zero-order valence-electron chi connectivity index (χ0n) is 11.7. The summed E-state index contributed by atoms with van der Waals surface area (Å²) in [6.07, 6.45) is 0.459. The molecule has 1 aromatic heterocycles. The number of urea groups is 1. The lowest BCUT2D eigenvalue weighted by Crippen LogP contribution is -2.43. The number of carbonyl (C=O) groups excluding carboxylic acids is 2. The average Bonchev–Trinajstić information content (AvgIpc) is 3.05. The molecule has 22 heavy (non-hydrogen) atoms. The van der Waals surface area contributed by atoms with E-state index in [-0.39, 0.29) is 12.5 Å². The van der Waals surface area contributed by atoms with Gasteiger partial charge < -0.3 is 5.32 Å². The fourth-order valence-corrected chi connectivity index (χ4v) is 3.18. The van der Waals surface area contributed by atoms with Gasteiger partial charge in [0.05, 0.1) is 6.54 Å². The highest BCUT2D eigenvalue weighted by atomic mass is 35.5. The van der Waals surface area contributed by atoms with Crippen molar-refractivity contribution in [3.63, 3.8) is 0 Å². The van der Waals surface area contributed by atoms with Crippen molar-refractivity contribution in [3.05, 3.63) is 45.9 Å². The van der Waals surface area contributed by atoms with Gasteiger partial charge in [-0.1, -0.05) is 53.3 Å². The first-order valence-electron chi connectivity index (χ1n) is 6.75. The molecule has 1 aromatic carbocycles. The van der Waals surface area contributed by atoms with Crippen LogP contribution in [0.4, 0.5) is 4.79 Å².